The molecule has 9 aliphatic rings. The predicted octanol–water partition coefficient (Wildman–Crippen LogP) is -0.0945. The highest BCUT2D eigenvalue weighted by Crippen LogP contribution is 2.71. The first-order chi connectivity index (χ1) is 29.0. The monoisotopic (exact) mass is 872 g/mol. The molecule has 0 aromatic heterocycles. The molecule has 0 aromatic carbocycles. The SMILES string of the molecule is C[C@H]1CC[C@@]2(OC1)O[C@H]1C[C@H]3[C@@H]4CCC5C[C@@H](O[C@@H]6O[C@H](CO)[C@@H](O[C@@H]7OC[C@@H](O)[C@H](O)[C@H]7O)[C@H](O)[C@H]6O[C@@H]6O[C@H](CO)[C@@H](O)[C@H](O)[C@H]6O)CC[C@]5(C)[C@H]4CC[C@]3(C)[C@H]1[C@@H]2C. The lowest BCUT2D eigenvalue weighted by atomic mass is 9.44. The molecule has 0 amide bonds. The van der Waals surface area contributed by atoms with Crippen molar-refractivity contribution in [2.45, 2.75) is 196 Å². The third-order valence-corrected chi connectivity index (χ3v) is 17.9. The molecule has 5 heterocycles. The van der Waals surface area contributed by atoms with E-state index < -0.39 is 105 Å². The van der Waals surface area contributed by atoms with E-state index in [9.17, 15) is 46.0 Å². The van der Waals surface area contributed by atoms with E-state index in [4.69, 9.17) is 37.9 Å². The zero-order valence-electron chi connectivity index (χ0n) is 36.0. The van der Waals surface area contributed by atoms with Crippen molar-refractivity contribution in [3.63, 3.8) is 0 Å². The number of fused-ring (bicyclic) bond motifs is 7. The van der Waals surface area contributed by atoms with Crippen molar-refractivity contribution >= 4 is 0 Å². The fourth-order valence-electron chi connectivity index (χ4n) is 14.4. The van der Waals surface area contributed by atoms with Crippen molar-refractivity contribution in [2.75, 3.05) is 26.4 Å². The van der Waals surface area contributed by atoms with Gasteiger partial charge in [0.15, 0.2) is 24.7 Å². The molecule has 4 aliphatic carbocycles. The summed E-state index contributed by atoms with van der Waals surface area (Å²) in [5.41, 5.74) is 0.315. The maximum absolute atomic E-state index is 12.0. The van der Waals surface area contributed by atoms with Crippen LogP contribution in [0.25, 0.3) is 0 Å². The van der Waals surface area contributed by atoms with E-state index in [0.717, 1.165) is 51.6 Å². The lowest BCUT2D eigenvalue weighted by molar-refractivity contribution is -0.388. The minimum atomic E-state index is -1.80. The van der Waals surface area contributed by atoms with Gasteiger partial charge >= 0.3 is 0 Å². The standard InChI is InChI=1S/C44H72O17/c1-19-7-12-44(55-17-19)20(2)30-27(61-44)14-25-23-6-5-21-13-22(8-10-42(21,3)24(23)9-11-43(25,30)4)56-41-38(60-40-35(52)33(50)32(49)28(15-45)57-40)36(53)37(29(16-46)58-41)59-39-34(51)31(48)26(47)18-54-39/h19-41,45-53H,5-18H2,1-4H3/t19-,20-,21?,22-,23+,24-,25-,26+,27-,28+,29+,30-,31-,32+,33-,34+,35+,36-,37+,38+,39-,40-,41+,42-,43-,44+/m0/s1. The molecule has 9 rings (SSSR count). The Hall–Kier alpha value is -0.680. The summed E-state index contributed by atoms with van der Waals surface area (Å²) >= 11 is 0. The van der Waals surface area contributed by atoms with Crippen molar-refractivity contribution in [1.29, 1.82) is 0 Å². The maximum atomic E-state index is 12.0. The Kier molecular flexibility index (Phi) is 12.8. The van der Waals surface area contributed by atoms with Crippen LogP contribution < -0.4 is 0 Å². The molecule has 0 aromatic rings. The van der Waals surface area contributed by atoms with Gasteiger partial charge in [-0.2, -0.15) is 0 Å². The van der Waals surface area contributed by atoms with E-state index in [1.807, 2.05) is 0 Å². The number of aliphatic hydroxyl groups is 9. The van der Waals surface area contributed by atoms with Crippen molar-refractivity contribution in [2.24, 2.45) is 52.3 Å². The highest BCUT2D eigenvalue weighted by Gasteiger charge is 2.69. The van der Waals surface area contributed by atoms with Gasteiger partial charge in [0.25, 0.3) is 0 Å². The van der Waals surface area contributed by atoms with Gasteiger partial charge in [-0.1, -0.05) is 27.7 Å². The van der Waals surface area contributed by atoms with Gasteiger partial charge in [-0.05, 0) is 104 Å². The van der Waals surface area contributed by atoms with Gasteiger partial charge in [0.05, 0.1) is 38.6 Å². The summed E-state index contributed by atoms with van der Waals surface area (Å²) in [6, 6.07) is 0. The first kappa shape index (κ1) is 45.5. The molecule has 5 aliphatic heterocycles. The number of hydrogen-bond acceptors (Lipinski definition) is 17. The Balaban J connectivity index is 0.898. The summed E-state index contributed by atoms with van der Waals surface area (Å²) < 4.78 is 49.7. The fourth-order valence-corrected chi connectivity index (χ4v) is 14.4. The van der Waals surface area contributed by atoms with Gasteiger partial charge in [-0.25, -0.2) is 0 Å². The quantitative estimate of drug-likeness (QED) is 0.145. The second-order valence-corrected chi connectivity index (χ2v) is 21.1. The van der Waals surface area contributed by atoms with Crippen LogP contribution >= 0.6 is 0 Å². The van der Waals surface area contributed by atoms with Gasteiger partial charge in [-0.15, -0.1) is 0 Å². The van der Waals surface area contributed by atoms with Crippen LogP contribution in [0.3, 0.4) is 0 Å². The van der Waals surface area contributed by atoms with E-state index in [1.165, 1.54) is 12.8 Å². The van der Waals surface area contributed by atoms with Crippen molar-refractivity contribution in [1.82, 2.24) is 0 Å². The Morgan fingerprint density at radius 2 is 1.31 bits per heavy atom. The second kappa shape index (κ2) is 17.2. The molecule has 1 spiro atoms. The van der Waals surface area contributed by atoms with E-state index in [0.29, 0.717) is 47.8 Å². The first-order valence-corrected chi connectivity index (χ1v) is 23.2. The zero-order chi connectivity index (χ0) is 43.3. The minimum absolute atomic E-state index is 0.100. The lowest BCUT2D eigenvalue weighted by Gasteiger charge is -2.61. The second-order valence-electron chi connectivity index (χ2n) is 21.1. The van der Waals surface area contributed by atoms with E-state index in [1.54, 1.807) is 0 Å². The summed E-state index contributed by atoms with van der Waals surface area (Å²) in [7, 11) is 0. The van der Waals surface area contributed by atoms with Crippen molar-refractivity contribution in [3.8, 4) is 0 Å². The van der Waals surface area contributed by atoms with Gasteiger partial charge < -0.3 is 83.9 Å². The zero-order valence-corrected chi connectivity index (χ0v) is 36.0. The smallest absolute Gasteiger partial charge is 0.187 e. The number of hydrogen-bond donors (Lipinski definition) is 9. The summed E-state index contributed by atoms with van der Waals surface area (Å²) in [6.45, 7) is 8.71. The maximum Gasteiger partial charge on any atom is 0.187 e. The summed E-state index contributed by atoms with van der Waals surface area (Å²) in [5.74, 6) is 3.16. The molecular weight excluding hydrogens is 800 g/mol. The van der Waals surface area contributed by atoms with Crippen LogP contribution in [0.1, 0.15) is 91.9 Å². The molecule has 17 nitrogen and oxygen atoms in total. The van der Waals surface area contributed by atoms with Crippen LogP contribution in [0.15, 0.2) is 0 Å². The largest absolute Gasteiger partial charge is 0.394 e. The van der Waals surface area contributed by atoms with Crippen LogP contribution in [0.5, 0.6) is 0 Å². The Labute approximate surface area is 357 Å². The average Bonchev–Trinajstić information content (AvgIpc) is 3.69. The molecule has 350 valence electrons. The molecule has 0 bridgehead atoms. The van der Waals surface area contributed by atoms with Gasteiger partial charge in [-0.3, -0.25) is 0 Å². The van der Waals surface area contributed by atoms with Gasteiger partial charge in [0, 0.05) is 12.3 Å². The Bertz CT molecular complexity index is 1520. The fraction of sp³-hybridized carbons (Fsp3) is 1.00. The number of aliphatic hydroxyl groups excluding tert-OH is 9. The predicted molar refractivity (Wildman–Crippen MR) is 210 cm³/mol. The lowest BCUT2D eigenvalue weighted by Crippen LogP contribution is -2.66. The van der Waals surface area contributed by atoms with Crippen molar-refractivity contribution < 1.29 is 83.9 Å². The molecule has 9 fully saturated rings. The molecule has 26 atom stereocenters. The van der Waals surface area contributed by atoms with Crippen LogP contribution in [-0.2, 0) is 37.9 Å². The normalized spacial score (nSPS) is 58.5. The number of ether oxygens (including phenoxy) is 8. The summed E-state index contributed by atoms with van der Waals surface area (Å²) in [4.78, 5) is 0. The molecule has 4 saturated carbocycles. The third-order valence-electron chi connectivity index (χ3n) is 17.9. The van der Waals surface area contributed by atoms with Crippen molar-refractivity contribution in [3.05, 3.63) is 0 Å². The molecule has 17 heteroatoms. The Morgan fingerprint density at radius 1 is 0.607 bits per heavy atom. The molecule has 61 heavy (non-hydrogen) atoms. The van der Waals surface area contributed by atoms with Gasteiger partial charge in [0.2, 0.25) is 0 Å². The van der Waals surface area contributed by atoms with Crippen LogP contribution in [-0.4, -0.2) is 176 Å². The molecule has 5 saturated heterocycles. The highest BCUT2D eigenvalue weighted by molar-refractivity contribution is 5.15. The van der Waals surface area contributed by atoms with E-state index in [2.05, 4.69) is 27.7 Å². The average molecular weight is 873 g/mol. The Morgan fingerprint density at radius 3 is 2.03 bits per heavy atom. The highest BCUT2D eigenvalue weighted by atomic mass is 16.8. The molecule has 9 N–H and O–H groups in total. The minimum Gasteiger partial charge on any atom is -0.394 e. The molecular formula is C44H72O17. The summed E-state index contributed by atoms with van der Waals surface area (Å²) in [6.07, 6.45) is -11.6. The first-order valence-electron chi connectivity index (χ1n) is 23.2. The van der Waals surface area contributed by atoms with Crippen LogP contribution in [0, 0.1) is 52.3 Å². The third kappa shape index (κ3) is 7.58. The number of rotatable bonds is 8. The topological polar surface area (TPSA) is 256 Å². The van der Waals surface area contributed by atoms with Crippen LogP contribution in [0.2, 0.25) is 0 Å². The van der Waals surface area contributed by atoms with E-state index >= 15 is 0 Å². The molecule has 0 radical (unpaired) electrons. The molecule has 1 unspecified atom stereocenters. The van der Waals surface area contributed by atoms with Crippen LogP contribution in [0.4, 0.5) is 0 Å². The van der Waals surface area contributed by atoms with Gasteiger partial charge in [0.1, 0.15) is 67.1 Å². The summed E-state index contributed by atoms with van der Waals surface area (Å²) in [5, 5.41) is 95.1. The van der Waals surface area contributed by atoms with E-state index in [-0.39, 0.29) is 29.6 Å².